The predicted octanol–water partition coefficient (Wildman–Crippen LogP) is 5.26. The number of unbranched alkanes of at least 4 members (excludes halogenated alkanes) is 5. The van der Waals surface area contributed by atoms with Gasteiger partial charge in [0.1, 0.15) is 11.5 Å². The maximum absolute atomic E-state index is 12.1. The number of nitrogens with one attached hydrogen (secondary N) is 2. The summed E-state index contributed by atoms with van der Waals surface area (Å²) in [5, 5.41) is 25.6. The van der Waals surface area contributed by atoms with E-state index in [0.717, 1.165) is 49.7 Å². The molecular weight excluding hydrogens is 520 g/mol. The highest BCUT2D eigenvalue weighted by atomic mass is 32.2. The molecule has 0 saturated carbocycles. The van der Waals surface area contributed by atoms with Crippen LogP contribution in [0.2, 0.25) is 0 Å². The summed E-state index contributed by atoms with van der Waals surface area (Å²) in [5.74, 6) is 0.0939. The summed E-state index contributed by atoms with van der Waals surface area (Å²) in [6.07, 6.45) is 9.93. The van der Waals surface area contributed by atoms with E-state index in [9.17, 15) is 19.8 Å². The van der Waals surface area contributed by atoms with Crippen LogP contribution in [0.5, 0.6) is 11.5 Å². The summed E-state index contributed by atoms with van der Waals surface area (Å²) < 4.78 is 0. The zero-order valence-corrected chi connectivity index (χ0v) is 22.5. The van der Waals surface area contributed by atoms with Crippen LogP contribution in [-0.2, 0) is 9.59 Å². The third kappa shape index (κ3) is 8.53. The fraction of sp³-hybridized carbons (Fsp3) is 0.286. The number of benzene rings is 2. The Morgan fingerprint density at radius 2 is 0.974 bits per heavy atom. The van der Waals surface area contributed by atoms with Gasteiger partial charge < -0.3 is 20.8 Å². The first-order valence-corrected chi connectivity index (χ1v) is 14.2. The average Bonchev–Trinajstić information content (AvgIpc) is 3.43. The molecule has 2 heterocycles. The molecule has 0 atom stereocenters. The fourth-order valence-electron chi connectivity index (χ4n) is 3.74. The maximum atomic E-state index is 12.1. The van der Waals surface area contributed by atoms with Crippen LogP contribution in [0.4, 0.5) is 0 Å². The summed E-state index contributed by atoms with van der Waals surface area (Å²) in [5.41, 5.74) is 1.71. The number of amidine groups is 2. The summed E-state index contributed by atoms with van der Waals surface area (Å²) in [4.78, 5) is 34.5. The van der Waals surface area contributed by atoms with Crippen LogP contribution in [0.15, 0.2) is 68.3 Å². The summed E-state index contributed by atoms with van der Waals surface area (Å²) in [6.45, 7) is 1.36. The van der Waals surface area contributed by atoms with Gasteiger partial charge in [-0.05, 0) is 83.9 Å². The van der Waals surface area contributed by atoms with E-state index in [2.05, 4.69) is 20.6 Å². The van der Waals surface area contributed by atoms with E-state index in [1.165, 1.54) is 23.5 Å². The normalized spacial score (nSPS) is 19.6. The van der Waals surface area contributed by atoms with Crippen LogP contribution >= 0.6 is 23.5 Å². The first-order chi connectivity index (χ1) is 18.5. The molecule has 4 rings (SSSR count). The van der Waals surface area contributed by atoms with Crippen molar-refractivity contribution >= 4 is 57.8 Å². The molecule has 2 aromatic rings. The quantitative estimate of drug-likeness (QED) is 0.224. The Morgan fingerprint density at radius 3 is 1.37 bits per heavy atom. The minimum absolute atomic E-state index is 0.148. The van der Waals surface area contributed by atoms with E-state index in [1.54, 1.807) is 60.7 Å². The van der Waals surface area contributed by atoms with E-state index < -0.39 is 0 Å². The Balaban J connectivity index is 1.07. The van der Waals surface area contributed by atoms with Gasteiger partial charge in [-0.1, -0.05) is 49.9 Å². The highest BCUT2D eigenvalue weighted by Crippen LogP contribution is 2.27. The monoisotopic (exact) mass is 550 g/mol. The zero-order valence-electron chi connectivity index (χ0n) is 20.9. The van der Waals surface area contributed by atoms with Crippen LogP contribution in [0.3, 0.4) is 0 Å². The first kappa shape index (κ1) is 27.5. The highest BCUT2D eigenvalue weighted by Gasteiger charge is 2.24. The van der Waals surface area contributed by atoms with Gasteiger partial charge >= 0.3 is 0 Å². The number of carbonyl (C=O) groups is 2. The predicted molar refractivity (Wildman–Crippen MR) is 156 cm³/mol. The molecule has 8 nitrogen and oxygen atoms in total. The molecule has 4 N–H and O–H groups in total. The second-order valence-electron chi connectivity index (χ2n) is 8.81. The molecule has 0 bridgehead atoms. The lowest BCUT2D eigenvalue weighted by Crippen LogP contribution is -2.20. The van der Waals surface area contributed by atoms with Crippen LogP contribution in [0, 0.1) is 0 Å². The van der Waals surface area contributed by atoms with Crippen LogP contribution in [0.25, 0.3) is 12.2 Å². The standard InChI is InChI=1S/C28H30N4O4S2/c33-21-11-7-19(8-12-21)17-23-25(35)31-27(37-23)29-15-5-3-1-2-4-6-16-30-28-32-26(36)24(38-28)18-20-9-13-22(34)14-10-20/h7-14,17-18,33-34H,1-6,15-16H2,(H,29,31,35)(H,30,32,36)/b23-17-,24-18-. The molecule has 0 radical (unpaired) electrons. The zero-order chi connectivity index (χ0) is 26.7. The molecule has 198 valence electrons. The van der Waals surface area contributed by atoms with Crippen molar-refractivity contribution in [3.63, 3.8) is 0 Å². The number of hydrogen-bond acceptors (Lipinski definition) is 8. The smallest absolute Gasteiger partial charge is 0.264 e. The van der Waals surface area contributed by atoms with Crippen molar-refractivity contribution in [3.05, 3.63) is 69.5 Å². The molecule has 0 spiro atoms. The van der Waals surface area contributed by atoms with E-state index in [0.29, 0.717) is 33.2 Å². The third-order valence-corrected chi connectivity index (χ3v) is 7.66. The Morgan fingerprint density at radius 1 is 0.605 bits per heavy atom. The van der Waals surface area contributed by atoms with Crippen LogP contribution in [-0.4, -0.2) is 45.5 Å². The minimum Gasteiger partial charge on any atom is -0.508 e. The van der Waals surface area contributed by atoms with Crippen molar-refractivity contribution in [2.75, 3.05) is 13.1 Å². The van der Waals surface area contributed by atoms with Gasteiger partial charge in [-0.25, -0.2) is 0 Å². The molecule has 2 saturated heterocycles. The van der Waals surface area contributed by atoms with Crippen LogP contribution in [0.1, 0.15) is 49.7 Å². The Bertz CT molecular complexity index is 1170. The molecule has 10 heteroatoms. The molecule has 2 aromatic carbocycles. The number of amides is 2. The highest BCUT2D eigenvalue weighted by molar-refractivity contribution is 8.19. The summed E-state index contributed by atoms with van der Waals surface area (Å²) in [7, 11) is 0. The number of carbonyl (C=O) groups excluding carboxylic acids is 2. The van der Waals surface area contributed by atoms with Gasteiger partial charge in [0.25, 0.3) is 11.8 Å². The SMILES string of the molecule is O=C1NC(=NCCCCCCCCN=C2NC(=O)/C(=C/c3ccc(O)cc3)S2)S/C1=C\c1ccc(O)cc1. The largest absolute Gasteiger partial charge is 0.508 e. The van der Waals surface area contributed by atoms with Gasteiger partial charge in [0, 0.05) is 13.1 Å². The number of phenolic OH excluding ortho intramolecular Hbond substituents is 2. The Hall–Kier alpha value is -3.50. The average molecular weight is 551 g/mol. The second-order valence-corrected chi connectivity index (χ2v) is 10.9. The Kier molecular flexibility index (Phi) is 10.1. The van der Waals surface area contributed by atoms with Gasteiger partial charge in [0.15, 0.2) is 10.3 Å². The van der Waals surface area contributed by atoms with Crippen molar-refractivity contribution in [3.8, 4) is 11.5 Å². The number of phenols is 2. The Labute approximate surface area is 230 Å². The molecule has 0 aromatic heterocycles. The molecule has 2 aliphatic rings. The van der Waals surface area contributed by atoms with Gasteiger partial charge in [0.2, 0.25) is 0 Å². The molecule has 2 amide bonds. The third-order valence-electron chi connectivity index (χ3n) is 5.76. The lowest BCUT2D eigenvalue weighted by atomic mass is 10.1. The topological polar surface area (TPSA) is 123 Å². The van der Waals surface area contributed by atoms with Crippen molar-refractivity contribution in [1.82, 2.24) is 10.6 Å². The molecule has 0 unspecified atom stereocenters. The van der Waals surface area contributed by atoms with Gasteiger partial charge in [-0.2, -0.15) is 0 Å². The number of thioether (sulfide) groups is 2. The van der Waals surface area contributed by atoms with Crippen LogP contribution < -0.4 is 10.6 Å². The van der Waals surface area contributed by atoms with Gasteiger partial charge in [-0.15, -0.1) is 0 Å². The lowest BCUT2D eigenvalue weighted by Gasteiger charge is -2.00. The van der Waals surface area contributed by atoms with Crippen molar-refractivity contribution in [2.24, 2.45) is 9.98 Å². The molecule has 0 aliphatic carbocycles. The van der Waals surface area contributed by atoms with E-state index in [1.807, 2.05) is 0 Å². The number of aromatic hydroxyl groups is 2. The molecule has 2 aliphatic heterocycles. The maximum Gasteiger partial charge on any atom is 0.264 e. The van der Waals surface area contributed by atoms with Crippen molar-refractivity contribution < 1.29 is 19.8 Å². The first-order valence-electron chi connectivity index (χ1n) is 12.5. The number of aliphatic imine (C=N–C) groups is 2. The number of rotatable bonds is 11. The molecule has 2 fully saturated rings. The number of hydrogen-bond donors (Lipinski definition) is 4. The van der Waals surface area contributed by atoms with Gasteiger partial charge in [0.05, 0.1) is 9.81 Å². The minimum atomic E-state index is -0.148. The van der Waals surface area contributed by atoms with E-state index in [4.69, 9.17) is 0 Å². The van der Waals surface area contributed by atoms with Crippen molar-refractivity contribution in [1.29, 1.82) is 0 Å². The van der Waals surface area contributed by atoms with Gasteiger partial charge in [-0.3, -0.25) is 19.6 Å². The van der Waals surface area contributed by atoms with E-state index in [-0.39, 0.29) is 23.3 Å². The molecule has 38 heavy (non-hydrogen) atoms. The summed E-state index contributed by atoms with van der Waals surface area (Å²) in [6, 6.07) is 13.4. The molecular formula is C28H30N4O4S2. The number of nitrogens with zero attached hydrogens (tertiary/aromatic N) is 2. The summed E-state index contributed by atoms with van der Waals surface area (Å²) >= 11 is 2.68. The van der Waals surface area contributed by atoms with E-state index >= 15 is 0 Å². The van der Waals surface area contributed by atoms with Crippen molar-refractivity contribution in [2.45, 2.75) is 38.5 Å². The second kappa shape index (κ2) is 13.9. The lowest BCUT2D eigenvalue weighted by molar-refractivity contribution is -0.116. The fourth-order valence-corrected chi connectivity index (χ4v) is 5.43.